The minimum absolute atomic E-state index is 0.0193. The number of halogens is 2. The van der Waals surface area contributed by atoms with Gasteiger partial charge in [0.1, 0.15) is 0 Å². The molecule has 2 aliphatic carbocycles. The van der Waals surface area contributed by atoms with Crippen molar-refractivity contribution in [3.63, 3.8) is 0 Å². The molecule has 1 aromatic carbocycles. The van der Waals surface area contributed by atoms with Crippen LogP contribution in [-0.2, 0) is 6.42 Å². The first kappa shape index (κ1) is 18.1. The molecule has 152 valence electrons. The summed E-state index contributed by atoms with van der Waals surface area (Å²) in [5, 5.41) is 6.99. The van der Waals surface area contributed by atoms with Gasteiger partial charge in [0.25, 0.3) is 5.56 Å². The van der Waals surface area contributed by atoms with E-state index in [1.54, 1.807) is 18.3 Å². The molecule has 2 heterocycles. The number of benzene rings is 1. The molecule has 2 fully saturated rings. The van der Waals surface area contributed by atoms with Crippen LogP contribution in [0.25, 0.3) is 22.2 Å². The van der Waals surface area contributed by atoms with Crippen molar-refractivity contribution in [1.29, 1.82) is 0 Å². The van der Waals surface area contributed by atoms with Gasteiger partial charge >= 0.3 is 6.61 Å². The number of ether oxygens (including phenoxy) is 2. The smallest absolute Gasteiger partial charge is 0.387 e. The molecule has 5 rings (SSSR count). The number of hydrogen-bond donors (Lipinski definition) is 2. The van der Waals surface area contributed by atoms with E-state index in [4.69, 9.17) is 4.74 Å². The molecule has 0 unspecified atom stereocenters. The standard InChI is InChI=1S/C21H21F2N3O3/c22-21(23)29-16-8-4-12(9-17(16)28-13-5-6-13)19-14(7-3-11-1-2-11)18-15(25-19)10-24-26-20(18)27/h4,8-11,13,21,25H,1-3,5-7H2,(H,26,27). The number of aryl methyl sites for hydroxylation is 1. The first-order valence-electron chi connectivity index (χ1n) is 9.92. The third-order valence-electron chi connectivity index (χ3n) is 5.49. The highest BCUT2D eigenvalue weighted by Crippen LogP contribution is 2.40. The molecule has 0 amide bonds. The van der Waals surface area contributed by atoms with Crippen molar-refractivity contribution in [2.75, 3.05) is 0 Å². The monoisotopic (exact) mass is 401 g/mol. The number of nitrogens with zero attached hydrogens (tertiary/aromatic N) is 1. The van der Waals surface area contributed by atoms with Crippen LogP contribution in [0.1, 0.15) is 37.7 Å². The summed E-state index contributed by atoms with van der Waals surface area (Å²) in [6, 6.07) is 4.92. The molecule has 0 radical (unpaired) electrons. The Morgan fingerprint density at radius 3 is 2.72 bits per heavy atom. The van der Waals surface area contributed by atoms with E-state index in [0.717, 1.165) is 42.5 Å². The van der Waals surface area contributed by atoms with E-state index in [1.807, 2.05) is 0 Å². The molecule has 2 N–H and O–H groups in total. The van der Waals surface area contributed by atoms with Gasteiger partial charge in [-0.15, -0.1) is 0 Å². The Bertz CT molecular complexity index is 1100. The number of aromatic nitrogens is 3. The Morgan fingerprint density at radius 1 is 1.17 bits per heavy atom. The fourth-order valence-corrected chi connectivity index (χ4v) is 3.69. The van der Waals surface area contributed by atoms with Crippen molar-refractivity contribution in [2.45, 2.75) is 51.2 Å². The second-order valence-corrected chi connectivity index (χ2v) is 7.81. The van der Waals surface area contributed by atoms with Crippen molar-refractivity contribution in [1.82, 2.24) is 15.2 Å². The largest absolute Gasteiger partial charge is 0.487 e. The SMILES string of the molecule is O=c1[nH]ncc2[nH]c(-c3ccc(OC(F)F)c(OC4CC4)c3)c(CCC3CC3)c12. The Balaban J connectivity index is 1.59. The molecule has 6 nitrogen and oxygen atoms in total. The van der Waals surface area contributed by atoms with E-state index in [-0.39, 0.29) is 17.4 Å². The summed E-state index contributed by atoms with van der Waals surface area (Å²) >= 11 is 0. The van der Waals surface area contributed by atoms with Gasteiger partial charge in [0.2, 0.25) is 0 Å². The van der Waals surface area contributed by atoms with Gasteiger partial charge in [-0.25, -0.2) is 5.10 Å². The molecule has 0 saturated heterocycles. The average molecular weight is 401 g/mol. The van der Waals surface area contributed by atoms with Crippen LogP contribution in [0, 0.1) is 5.92 Å². The highest BCUT2D eigenvalue weighted by molar-refractivity contribution is 5.89. The van der Waals surface area contributed by atoms with Crippen LogP contribution in [0.15, 0.2) is 29.2 Å². The normalized spacial score (nSPS) is 16.5. The number of hydrogen-bond acceptors (Lipinski definition) is 4. The van der Waals surface area contributed by atoms with E-state index in [0.29, 0.717) is 22.6 Å². The molecule has 2 aliphatic rings. The van der Waals surface area contributed by atoms with E-state index in [2.05, 4.69) is 19.9 Å². The zero-order valence-electron chi connectivity index (χ0n) is 15.7. The van der Waals surface area contributed by atoms with E-state index >= 15 is 0 Å². The van der Waals surface area contributed by atoms with Gasteiger partial charge < -0.3 is 14.5 Å². The lowest BCUT2D eigenvalue weighted by atomic mass is 10.0. The van der Waals surface area contributed by atoms with Crippen LogP contribution in [0.2, 0.25) is 0 Å². The van der Waals surface area contributed by atoms with E-state index < -0.39 is 6.61 Å². The van der Waals surface area contributed by atoms with Crippen LogP contribution in [-0.4, -0.2) is 27.9 Å². The molecular formula is C21H21F2N3O3. The Hall–Kier alpha value is -2.90. The van der Waals surface area contributed by atoms with Crippen LogP contribution < -0.4 is 15.0 Å². The highest BCUT2D eigenvalue weighted by Gasteiger charge is 2.27. The van der Waals surface area contributed by atoms with Gasteiger partial charge in [-0.2, -0.15) is 13.9 Å². The number of fused-ring (bicyclic) bond motifs is 1. The summed E-state index contributed by atoms with van der Waals surface area (Å²) < 4.78 is 36.0. The Morgan fingerprint density at radius 2 is 2.00 bits per heavy atom. The third kappa shape index (κ3) is 3.83. The lowest BCUT2D eigenvalue weighted by Crippen LogP contribution is -2.08. The summed E-state index contributed by atoms with van der Waals surface area (Å²) in [5.74, 6) is 1.03. The molecule has 2 aromatic heterocycles. The summed E-state index contributed by atoms with van der Waals surface area (Å²) in [7, 11) is 0. The van der Waals surface area contributed by atoms with Crippen LogP contribution in [0.5, 0.6) is 11.5 Å². The first-order valence-corrected chi connectivity index (χ1v) is 9.92. The van der Waals surface area contributed by atoms with Gasteiger partial charge in [-0.1, -0.05) is 12.8 Å². The highest BCUT2D eigenvalue weighted by atomic mass is 19.3. The number of nitrogens with one attached hydrogen (secondary N) is 2. The van der Waals surface area contributed by atoms with Crippen LogP contribution in [0.3, 0.4) is 0 Å². The topological polar surface area (TPSA) is 80.0 Å². The zero-order valence-corrected chi connectivity index (χ0v) is 15.7. The molecular weight excluding hydrogens is 380 g/mol. The Labute approximate surface area is 165 Å². The quantitative estimate of drug-likeness (QED) is 0.586. The van der Waals surface area contributed by atoms with Crippen LogP contribution in [0.4, 0.5) is 8.78 Å². The molecule has 0 bridgehead atoms. The number of aromatic amines is 2. The van der Waals surface area contributed by atoms with Gasteiger partial charge in [-0.05, 0) is 55.4 Å². The summed E-state index contributed by atoms with van der Waals surface area (Å²) in [6.45, 7) is -2.92. The molecule has 3 aromatic rings. The number of alkyl halides is 2. The predicted octanol–water partition coefficient (Wildman–Crippen LogP) is 4.40. The lowest BCUT2D eigenvalue weighted by Gasteiger charge is -2.14. The maximum absolute atomic E-state index is 12.8. The Kier molecular flexibility index (Phi) is 4.49. The molecule has 0 spiro atoms. The minimum atomic E-state index is -2.92. The summed E-state index contributed by atoms with van der Waals surface area (Å²) in [4.78, 5) is 15.7. The molecule has 0 atom stereocenters. The molecule has 8 heteroatoms. The maximum Gasteiger partial charge on any atom is 0.387 e. The predicted molar refractivity (Wildman–Crippen MR) is 103 cm³/mol. The van der Waals surface area contributed by atoms with Gasteiger partial charge in [-0.3, -0.25) is 4.79 Å². The van der Waals surface area contributed by atoms with Gasteiger partial charge in [0.05, 0.1) is 28.9 Å². The molecule has 0 aliphatic heterocycles. The fourth-order valence-electron chi connectivity index (χ4n) is 3.69. The lowest BCUT2D eigenvalue weighted by molar-refractivity contribution is -0.0516. The first-order chi connectivity index (χ1) is 14.1. The van der Waals surface area contributed by atoms with Crippen molar-refractivity contribution in [3.05, 3.63) is 40.3 Å². The van der Waals surface area contributed by atoms with Crippen LogP contribution >= 0.6 is 0 Å². The molecule has 29 heavy (non-hydrogen) atoms. The second-order valence-electron chi connectivity index (χ2n) is 7.81. The van der Waals surface area contributed by atoms with E-state index in [9.17, 15) is 13.6 Å². The van der Waals surface area contributed by atoms with Crippen molar-refractivity contribution >= 4 is 10.9 Å². The van der Waals surface area contributed by atoms with Crippen molar-refractivity contribution in [3.8, 4) is 22.8 Å². The second kappa shape index (κ2) is 7.17. The fraction of sp³-hybridized carbons (Fsp3) is 0.429. The maximum atomic E-state index is 12.8. The van der Waals surface area contributed by atoms with E-state index in [1.165, 1.54) is 18.9 Å². The van der Waals surface area contributed by atoms with Crippen molar-refractivity contribution in [2.24, 2.45) is 5.92 Å². The third-order valence-corrected chi connectivity index (χ3v) is 5.49. The minimum Gasteiger partial charge on any atom is -0.487 e. The van der Waals surface area contributed by atoms with Gasteiger partial charge in [0.15, 0.2) is 11.5 Å². The summed E-state index contributed by atoms with van der Waals surface area (Å²) in [5.41, 5.74) is 2.91. The number of H-pyrrole nitrogens is 2. The van der Waals surface area contributed by atoms with Gasteiger partial charge in [0, 0.05) is 5.56 Å². The zero-order chi connectivity index (χ0) is 20.0. The van der Waals surface area contributed by atoms with Crippen molar-refractivity contribution < 1.29 is 18.3 Å². The average Bonchev–Trinajstić information content (AvgIpc) is 3.61. The summed E-state index contributed by atoms with van der Waals surface area (Å²) in [6.07, 6.45) is 7.67. The molecule has 2 saturated carbocycles. The number of rotatable bonds is 8.